The summed E-state index contributed by atoms with van der Waals surface area (Å²) < 4.78 is 11.4. The molecule has 0 fully saturated rings. The van der Waals surface area contributed by atoms with Gasteiger partial charge in [-0.15, -0.1) is 0 Å². The van der Waals surface area contributed by atoms with Crippen LogP contribution in [0.1, 0.15) is 39.7 Å². The molecule has 0 radical (unpaired) electrons. The van der Waals surface area contributed by atoms with Crippen molar-refractivity contribution < 1.29 is 9.47 Å². The van der Waals surface area contributed by atoms with E-state index >= 15 is 0 Å². The van der Waals surface area contributed by atoms with Crippen LogP contribution < -0.4 is 14.8 Å². The molecule has 0 spiro atoms. The Kier molecular flexibility index (Phi) is 6.58. The first kappa shape index (κ1) is 14.8. The monoisotopic (exact) mass is 251 g/mol. The highest BCUT2D eigenvalue weighted by molar-refractivity contribution is 5.43. The molecule has 0 bridgehead atoms. The Morgan fingerprint density at radius 2 is 1.94 bits per heavy atom. The van der Waals surface area contributed by atoms with Gasteiger partial charge < -0.3 is 14.8 Å². The topological polar surface area (TPSA) is 30.5 Å². The normalized spacial score (nSPS) is 10.7. The maximum Gasteiger partial charge on any atom is 0.161 e. The van der Waals surface area contributed by atoms with Gasteiger partial charge in [0.1, 0.15) is 0 Å². The maximum absolute atomic E-state index is 5.73. The highest BCUT2D eigenvalue weighted by Crippen LogP contribution is 2.29. The van der Waals surface area contributed by atoms with Gasteiger partial charge in [-0.1, -0.05) is 13.0 Å². The number of rotatable bonds is 8. The third-order valence-electron chi connectivity index (χ3n) is 2.43. The van der Waals surface area contributed by atoms with E-state index in [1.807, 2.05) is 26.8 Å². The number of hydrogen-bond donors (Lipinski definition) is 1. The molecule has 0 aliphatic rings. The van der Waals surface area contributed by atoms with Crippen molar-refractivity contribution in [1.29, 1.82) is 0 Å². The first-order valence-electron chi connectivity index (χ1n) is 6.80. The van der Waals surface area contributed by atoms with Crippen LogP contribution in [0.25, 0.3) is 0 Å². The van der Waals surface area contributed by atoms with E-state index in [-0.39, 0.29) is 6.10 Å². The van der Waals surface area contributed by atoms with E-state index in [1.165, 1.54) is 5.56 Å². The molecular formula is C15H25NO2. The third-order valence-corrected chi connectivity index (χ3v) is 2.43. The van der Waals surface area contributed by atoms with Gasteiger partial charge >= 0.3 is 0 Å². The molecule has 0 aliphatic carbocycles. The molecule has 0 aliphatic heterocycles. The highest BCUT2D eigenvalue weighted by Gasteiger charge is 2.07. The Hall–Kier alpha value is -1.22. The molecule has 102 valence electrons. The van der Waals surface area contributed by atoms with E-state index < -0.39 is 0 Å². The van der Waals surface area contributed by atoms with Gasteiger partial charge in [0.15, 0.2) is 11.5 Å². The van der Waals surface area contributed by atoms with E-state index in [4.69, 9.17) is 9.47 Å². The second-order valence-corrected chi connectivity index (χ2v) is 4.56. The molecule has 0 atom stereocenters. The van der Waals surface area contributed by atoms with Crippen molar-refractivity contribution in [2.75, 3.05) is 13.2 Å². The van der Waals surface area contributed by atoms with Crippen LogP contribution in [0.3, 0.4) is 0 Å². The number of ether oxygens (including phenoxy) is 2. The molecule has 3 heteroatoms. The van der Waals surface area contributed by atoms with Crippen molar-refractivity contribution in [2.24, 2.45) is 0 Å². The Morgan fingerprint density at radius 3 is 2.56 bits per heavy atom. The second kappa shape index (κ2) is 7.98. The summed E-state index contributed by atoms with van der Waals surface area (Å²) in [7, 11) is 0. The minimum absolute atomic E-state index is 0.160. The third kappa shape index (κ3) is 4.96. The summed E-state index contributed by atoms with van der Waals surface area (Å²) >= 11 is 0. The highest BCUT2D eigenvalue weighted by atomic mass is 16.5. The van der Waals surface area contributed by atoms with E-state index in [9.17, 15) is 0 Å². The van der Waals surface area contributed by atoms with Crippen LogP contribution in [0, 0.1) is 0 Å². The number of nitrogens with one attached hydrogen (secondary N) is 1. The van der Waals surface area contributed by atoms with Gasteiger partial charge in [0.25, 0.3) is 0 Å². The smallest absolute Gasteiger partial charge is 0.161 e. The van der Waals surface area contributed by atoms with Gasteiger partial charge in [-0.3, -0.25) is 0 Å². The van der Waals surface area contributed by atoms with Gasteiger partial charge in [-0.2, -0.15) is 0 Å². The first-order valence-corrected chi connectivity index (χ1v) is 6.80. The first-order chi connectivity index (χ1) is 8.67. The van der Waals surface area contributed by atoms with Gasteiger partial charge in [0, 0.05) is 6.54 Å². The molecule has 0 unspecified atom stereocenters. The predicted octanol–water partition coefficient (Wildman–Crippen LogP) is 3.37. The SMILES string of the molecule is CCCNCc1ccc(OC(C)C)c(OCC)c1. The van der Waals surface area contributed by atoms with Gasteiger partial charge in [-0.25, -0.2) is 0 Å². The predicted molar refractivity (Wildman–Crippen MR) is 75.4 cm³/mol. The maximum atomic E-state index is 5.73. The van der Waals surface area contributed by atoms with Crippen molar-refractivity contribution in [2.45, 2.75) is 46.8 Å². The van der Waals surface area contributed by atoms with Crippen LogP contribution >= 0.6 is 0 Å². The standard InChI is InChI=1S/C15H25NO2/c1-5-9-16-11-13-7-8-14(18-12(3)4)15(10-13)17-6-2/h7-8,10,12,16H,5-6,9,11H2,1-4H3. The van der Waals surface area contributed by atoms with Crippen molar-refractivity contribution in [3.63, 3.8) is 0 Å². The quantitative estimate of drug-likeness (QED) is 0.719. The molecule has 0 amide bonds. The molecule has 18 heavy (non-hydrogen) atoms. The van der Waals surface area contributed by atoms with E-state index in [0.717, 1.165) is 31.0 Å². The number of benzene rings is 1. The van der Waals surface area contributed by atoms with E-state index in [2.05, 4.69) is 24.4 Å². The van der Waals surface area contributed by atoms with Gasteiger partial charge in [-0.05, 0) is 51.4 Å². The molecule has 1 rings (SSSR count). The molecule has 1 aromatic rings. The molecule has 1 aromatic carbocycles. The van der Waals surface area contributed by atoms with E-state index in [1.54, 1.807) is 0 Å². The van der Waals surface area contributed by atoms with Crippen LogP contribution in [-0.4, -0.2) is 19.3 Å². The lowest BCUT2D eigenvalue weighted by Gasteiger charge is -2.15. The number of hydrogen-bond acceptors (Lipinski definition) is 3. The zero-order valence-electron chi connectivity index (χ0n) is 12.0. The van der Waals surface area contributed by atoms with Crippen molar-refractivity contribution in [3.8, 4) is 11.5 Å². The average molecular weight is 251 g/mol. The fourth-order valence-electron chi connectivity index (χ4n) is 1.69. The summed E-state index contributed by atoms with van der Waals surface area (Å²) in [6, 6.07) is 6.14. The summed E-state index contributed by atoms with van der Waals surface area (Å²) in [5, 5.41) is 3.38. The fraction of sp³-hybridized carbons (Fsp3) is 0.600. The molecule has 1 N–H and O–H groups in total. The van der Waals surface area contributed by atoms with Gasteiger partial charge in [0.05, 0.1) is 12.7 Å². The lowest BCUT2D eigenvalue weighted by Crippen LogP contribution is -2.14. The summed E-state index contributed by atoms with van der Waals surface area (Å²) in [6.45, 7) is 10.8. The molecule has 0 saturated heterocycles. The van der Waals surface area contributed by atoms with Crippen LogP contribution in [0.5, 0.6) is 11.5 Å². The minimum atomic E-state index is 0.160. The van der Waals surface area contributed by atoms with Crippen molar-refractivity contribution >= 4 is 0 Å². The lowest BCUT2D eigenvalue weighted by atomic mass is 10.2. The zero-order valence-corrected chi connectivity index (χ0v) is 12.0. The van der Waals surface area contributed by atoms with Gasteiger partial charge in [0.2, 0.25) is 0 Å². The summed E-state index contributed by atoms with van der Waals surface area (Å²) in [5.74, 6) is 1.66. The van der Waals surface area contributed by atoms with Crippen molar-refractivity contribution in [3.05, 3.63) is 23.8 Å². The fourth-order valence-corrected chi connectivity index (χ4v) is 1.69. The van der Waals surface area contributed by atoms with Crippen LogP contribution in [0.4, 0.5) is 0 Å². The Labute approximate surface area is 110 Å². The van der Waals surface area contributed by atoms with Crippen LogP contribution in [0.2, 0.25) is 0 Å². The van der Waals surface area contributed by atoms with Crippen LogP contribution in [-0.2, 0) is 6.54 Å². The zero-order chi connectivity index (χ0) is 13.4. The second-order valence-electron chi connectivity index (χ2n) is 4.56. The molecule has 3 nitrogen and oxygen atoms in total. The lowest BCUT2D eigenvalue weighted by molar-refractivity contribution is 0.223. The summed E-state index contributed by atoms with van der Waals surface area (Å²) in [4.78, 5) is 0. The average Bonchev–Trinajstić information content (AvgIpc) is 2.32. The summed E-state index contributed by atoms with van der Waals surface area (Å²) in [6.07, 6.45) is 1.31. The van der Waals surface area contributed by atoms with E-state index in [0.29, 0.717) is 6.61 Å². The largest absolute Gasteiger partial charge is 0.490 e. The molecule has 0 heterocycles. The molecular weight excluding hydrogens is 226 g/mol. The molecule has 0 aromatic heterocycles. The summed E-state index contributed by atoms with van der Waals surface area (Å²) in [5.41, 5.74) is 1.23. The Bertz CT molecular complexity index is 350. The minimum Gasteiger partial charge on any atom is -0.490 e. The molecule has 0 saturated carbocycles. The van der Waals surface area contributed by atoms with Crippen LogP contribution in [0.15, 0.2) is 18.2 Å². The Morgan fingerprint density at radius 1 is 1.17 bits per heavy atom. The van der Waals surface area contributed by atoms with Crippen molar-refractivity contribution in [1.82, 2.24) is 5.32 Å². The Balaban J connectivity index is 2.74.